The van der Waals surface area contributed by atoms with Crippen molar-refractivity contribution in [3.8, 4) is 0 Å². The number of nitrogens with one attached hydrogen (secondary N) is 1. The lowest BCUT2D eigenvalue weighted by atomic mass is 9.96. The van der Waals surface area contributed by atoms with E-state index in [-0.39, 0.29) is 11.9 Å². The molecule has 0 radical (unpaired) electrons. The highest BCUT2D eigenvalue weighted by molar-refractivity contribution is 5.82. The molecular formula is C22H29N3O. The quantitative estimate of drug-likeness (QED) is 0.841. The number of hydrogen-bond acceptors (Lipinski definition) is 3. The van der Waals surface area contributed by atoms with Gasteiger partial charge in [-0.05, 0) is 37.3 Å². The third kappa shape index (κ3) is 5.16. The second-order valence-electron chi connectivity index (χ2n) is 7.33. The van der Waals surface area contributed by atoms with Gasteiger partial charge in [0.1, 0.15) is 0 Å². The standard InChI is InChI=1S/C22H29N3O/c1-17-14-20(12-13-25(17)16-19-10-6-3-7-11-19)24-22(26)21(23)15-18-8-4-2-5-9-18/h2-11,17,20-21H,12-16,23H2,1H3,(H,24,26). The topological polar surface area (TPSA) is 58.4 Å². The smallest absolute Gasteiger partial charge is 0.237 e. The molecule has 3 unspecified atom stereocenters. The highest BCUT2D eigenvalue weighted by Gasteiger charge is 2.27. The van der Waals surface area contributed by atoms with Crippen molar-refractivity contribution in [3.63, 3.8) is 0 Å². The molecule has 0 bridgehead atoms. The molecule has 2 aromatic rings. The van der Waals surface area contributed by atoms with Crippen LogP contribution in [-0.2, 0) is 17.8 Å². The molecule has 1 heterocycles. The number of carbonyl (C=O) groups is 1. The summed E-state index contributed by atoms with van der Waals surface area (Å²) in [7, 11) is 0. The van der Waals surface area contributed by atoms with E-state index in [9.17, 15) is 4.79 Å². The first kappa shape index (κ1) is 18.6. The highest BCUT2D eigenvalue weighted by Crippen LogP contribution is 2.20. The van der Waals surface area contributed by atoms with Crippen LogP contribution < -0.4 is 11.1 Å². The number of nitrogens with two attached hydrogens (primary N) is 1. The molecule has 1 saturated heterocycles. The molecule has 3 rings (SSSR count). The molecule has 0 aliphatic carbocycles. The van der Waals surface area contributed by atoms with Crippen molar-refractivity contribution in [2.75, 3.05) is 6.54 Å². The van der Waals surface area contributed by atoms with Crippen LogP contribution in [0.4, 0.5) is 0 Å². The molecule has 26 heavy (non-hydrogen) atoms. The van der Waals surface area contributed by atoms with Crippen molar-refractivity contribution >= 4 is 5.91 Å². The molecule has 3 N–H and O–H groups in total. The number of piperidine rings is 1. The van der Waals surface area contributed by atoms with E-state index in [1.54, 1.807) is 0 Å². The summed E-state index contributed by atoms with van der Waals surface area (Å²) in [5.41, 5.74) is 8.55. The minimum absolute atomic E-state index is 0.0393. The molecule has 3 atom stereocenters. The van der Waals surface area contributed by atoms with Crippen molar-refractivity contribution in [3.05, 3.63) is 71.8 Å². The Morgan fingerprint density at radius 2 is 1.73 bits per heavy atom. The van der Waals surface area contributed by atoms with Crippen LogP contribution in [0.25, 0.3) is 0 Å². The Balaban J connectivity index is 1.47. The van der Waals surface area contributed by atoms with Gasteiger partial charge >= 0.3 is 0 Å². The summed E-state index contributed by atoms with van der Waals surface area (Å²) < 4.78 is 0. The molecule has 1 fully saturated rings. The fourth-order valence-electron chi connectivity index (χ4n) is 3.67. The fraction of sp³-hybridized carbons (Fsp3) is 0.409. The predicted octanol–water partition coefficient (Wildman–Crippen LogP) is 2.73. The van der Waals surface area contributed by atoms with Gasteiger partial charge in [0.05, 0.1) is 6.04 Å². The van der Waals surface area contributed by atoms with Gasteiger partial charge in [-0.3, -0.25) is 9.69 Å². The monoisotopic (exact) mass is 351 g/mol. The first-order chi connectivity index (χ1) is 12.6. The van der Waals surface area contributed by atoms with Crippen LogP contribution >= 0.6 is 0 Å². The second kappa shape index (κ2) is 8.97. The van der Waals surface area contributed by atoms with Crippen LogP contribution in [0.5, 0.6) is 0 Å². The Morgan fingerprint density at radius 3 is 2.35 bits per heavy atom. The van der Waals surface area contributed by atoms with E-state index in [0.717, 1.165) is 31.5 Å². The summed E-state index contributed by atoms with van der Waals surface area (Å²) in [6.45, 7) is 4.20. The maximum Gasteiger partial charge on any atom is 0.237 e. The number of rotatable bonds is 6. The van der Waals surface area contributed by atoms with Crippen LogP contribution in [0.1, 0.15) is 30.9 Å². The Kier molecular flexibility index (Phi) is 6.42. The molecule has 1 amide bonds. The number of carbonyl (C=O) groups excluding carboxylic acids is 1. The minimum atomic E-state index is -0.491. The third-order valence-corrected chi connectivity index (χ3v) is 5.22. The molecule has 4 heteroatoms. The van der Waals surface area contributed by atoms with Gasteiger partial charge in [0.25, 0.3) is 0 Å². The number of likely N-dealkylation sites (tertiary alicyclic amines) is 1. The van der Waals surface area contributed by atoms with Crippen molar-refractivity contribution < 1.29 is 4.79 Å². The molecule has 0 aromatic heterocycles. The van der Waals surface area contributed by atoms with Crippen LogP contribution in [0.2, 0.25) is 0 Å². The number of hydrogen-bond donors (Lipinski definition) is 2. The molecule has 2 aromatic carbocycles. The normalized spacial score (nSPS) is 21.9. The molecule has 0 saturated carbocycles. The first-order valence-electron chi connectivity index (χ1n) is 9.49. The predicted molar refractivity (Wildman–Crippen MR) is 106 cm³/mol. The molecule has 1 aliphatic rings. The lowest BCUT2D eigenvalue weighted by molar-refractivity contribution is -0.123. The first-order valence-corrected chi connectivity index (χ1v) is 9.49. The van der Waals surface area contributed by atoms with Gasteiger partial charge in [-0.1, -0.05) is 60.7 Å². The average Bonchev–Trinajstić information content (AvgIpc) is 2.65. The fourth-order valence-corrected chi connectivity index (χ4v) is 3.67. The summed E-state index contributed by atoms with van der Waals surface area (Å²) in [6, 6.07) is 20.7. The Morgan fingerprint density at radius 1 is 1.12 bits per heavy atom. The summed E-state index contributed by atoms with van der Waals surface area (Å²) in [4.78, 5) is 14.9. The zero-order valence-electron chi connectivity index (χ0n) is 15.5. The van der Waals surface area contributed by atoms with E-state index in [4.69, 9.17) is 5.73 Å². The molecule has 1 aliphatic heterocycles. The highest BCUT2D eigenvalue weighted by atomic mass is 16.2. The van der Waals surface area contributed by atoms with E-state index < -0.39 is 6.04 Å². The molecular weight excluding hydrogens is 322 g/mol. The van der Waals surface area contributed by atoms with Gasteiger partial charge < -0.3 is 11.1 Å². The van der Waals surface area contributed by atoms with E-state index in [0.29, 0.717) is 12.5 Å². The minimum Gasteiger partial charge on any atom is -0.352 e. The van der Waals surface area contributed by atoms with Crippen molar-refractivity contribution in [2.45, 2.75) is 50.9 Å². The van der Waals surface area contributed by atoms with E-state index in [1.807, 2.05) is 36.4 Å². The van der Waals surface area contributed by atoms with Crippen molar-refractivity contribution in [1.82, 2.24) is 10.2 Å². The van der Waals surface area contributed by atoms with Gasteiger partial charge in [0.15, 0.2) is 0 Å². The van der Waals surface area contributed by atoms with Crippen LogP contribution in [0, 0.1) is 0 Å². The average molecular weight is 351 g/mol. The maximum atomic E-state index is 12.4. The van der Waals surface area contributed by atoms with Gasteiger partial charge in [-0.15, -0.1) is 0 Å². The summed E-state index contributed by atoms with van der Waals surface area (Å²) >= 11 is 0. The lowest BCUT2D eigenvalue weighted by Gasteiger charge is -2.38. The number of amides is 1. The van der Waals surface area contributed by atoms with Gasteiger partial charge in [0, 0.05) is 25.2 Å². The zero-order valence-corrected chi connectivity index (χ0v) is 15.5. The van der Waals surface area contributed by atoms with E-state index in [2.05, 4.69) is 41.4 Å². The van der Waals surface area contributed by atoms with Gasteiger partial charge in [-0.2, -0.15) is 0 Å². The summed E-state index contributed by atoms with van der Waals surface area (Å²) in [6.07, 6.45) is 2.52. The van der Waals surface area contributed by atoms with Crippen LogP contribution in [0.15, 0.2) is 60.7 Å². The number of nitrogens with zero attached hydrogens (tertiary/aromatic N) is 1. The van der Waals surface area contributed by atoms with Crippen molar-refractivity contribution in [1.29, 1.82) is 0 Å². The molecule has 0 spiro atoms. The van der Waals surface area contributed by atoms with Crippen molar-refractivity contribution in [2.24, 2.45) is 5.73 Å². The number of benzene rings is 2. The third-order valence-electron chi connectivity index (χ3n) is 5.22. The molecule has 138 valence electrons. The SMILES string of the molecule is CC1CC(NC(=O)C(N)Cc2ccccc2)CCN1Cc1ccccc1. The summed E-state index contributed by atoms with van der Waals surface area (Å²) in [5.74, 6) is -0.0393. The van der Waals surface area contributed by atoms with Crippen LogP contribution in [0.3, 0.4) is 0 Å². The maximum absolute atomic E-state index is 12.4. The van der Waals surface area contributed by atoms with Gasteiger partial charge in [-0.25, -0.2) is 0 Å². The van der Waals surface area contributed by atoms with Gasteiger partial charge in [0.2, 0.25) is 5.91 Å². The molecule has 4 nitrogen and oxygen atoms in total. The van der Waals surface area contributed by atoms with Crippen LogP contribution in [-0.4, -0.2) is 35.5 Å². The summed E-state index contributed by atoms with van der Waals surface area (Å²) in [5, 5.41) is 3.16. The Labute approximate surface area is 156 Å². The largest absolute Gasteiger partial charge is 0.352 e. The second-order valence-corrected chi connectivity index (χ2v) is 7.33. The Bertz CT molecular complexity index is 689. The zero-order chi connectivity index (χ0) is 18.4. The Hall–Kier alpha value is -2.17. The van der Waals surface area contributed by atoms with E-state index >= 15 is 0 Å². The van der Waals surface area contributed by atoms with E-state index in [1.165, 1.54) is 5.56 Å². The lowest BCUT2D eigenvalue weighted by Crippen LogP contribution is -2.52.